The van der Waals surface area contributed by atoms with Crippen LogP contribution in [-0.2, 0) is 96.1 Å². The lowest BCUT2D eigenvalue weighted by Gasteiger charge is -2.68. The van der Waals surface area contributed by atoms with Crippen LogP contribution in [0.5, 0.6) is 34.5 Å². The summed E-state index contributed by atoms with van der Waals surface area (Å²) in [6, 6.07) is 45.5. The van der Waals surface area contributed by atoms with Gasteiger partial charge in [0.15, 0.2) is 118 Å². The summed E-state index contributed by atoms with van der Waals surface area (Å²) in [6.07, 6.45) is 8.00. The van der Waals surface area contributed by atoms with E-state index < -0.39 is 150 Å². The molecule has 24 bridgehead atoms. The van der Waals surface area contributed by atoms with Crippen LogP contribution in [-0.4, -0.2) is 134 Å². The number of rotatable bonds is 13. The summed E-state index contributed by atoms with van der Waals surface area (Å²) in [5, 5.41) is -5.00. The summed E-state index contributed by atoms with van der Waals surface area (Å²) in [5.74, 6) is -2.16. The maximum Gasteiger partial charge on any atom is 0.173 e. The van der Waals surface area contributed by atoms with Gasteiger partial charge in [-0.05, 0) is 263 Å². The second-order valence-electron chi connectivity index (χ2n) is 49.0. The Morgan fingerprint density at radius 3 is 0.719 bits per heavy atom. The zero-order valence-electron chi connectivity index (χ0n) is 87.7. The van der Waals surface area contributed by atoms with Crippen LogP contribution in [0.1, 0.15) is 326 Å². The van der Waals surface area contributed by atoms with Crippen molar-refractivity contribution in [1.82, 2.24) is 0 Å². The lowest BCUT2D eigenvalue weighted by Crippen LogP contribution is -2.71. The minimum atomic E-state index is -1.19. The van der Waals surface area contributed by atoms with Gasteiger partial charge in [0, 0.05) is 93.7 Å². The maximum atomic E-state index is 7.02. The Morgan fingerprint density at radius 2 is 0.453 bits per heavy atom. The number of hydrogen-bond acceptors (Lipinski definition) is 24. The first-order valence-corrected chi connectivity index (χ1v) is 56.9. The monoisotopic (exact) mass is 2030 g/mol. The SMILES string of the molecule is C.CC12CC3(C)OC(C)(CC(C)(O1)P3Oc1ccc(C(C)(C)C)cc1C(C)(C)C)O2.CC12CC3(C)OC(C)(CC(C)(O1)P3Oc1ccccc1)O2.CC12CC3(C)OC(C)(CC(C)(O1)P3Oc1ccccc1-c1ccccc1OP1C3(C)CC4(C)OC(C)(CC1(C)O4)O3)O2.Cc1cc(C)c(OP2C3(C)CC4(C)OC(C)(CC2(C)O4)O3)c(C)c1.Cc1ccccc1OP1C2(C)CC3(C)OC(C)(CC1(C)O3)O2. The highest BCUT2D eigenvalue weighted by Crippen LogP contribution is 2.84. The molecule has 0 spiro atoms. The smallest absolute Gasteiger partial charge is 0.173 e. The van der Waals surface area contributed by atoms with E-state index in [0.717, 1.165) is 51.2 Å². The molecule has 0 radical (unpaired) electrons. The van der Waals surface area contributed by atoms with Crippen molar-refractivity contribution in [1.29, 1.82) is 0 Å². The quantitative estimate of drug-likeness (QED) is 0.0981. The van der Waals surface area contributed by atoms with Crippen molar-refractivity contribution in [3.8, 4) is 45.6 Å². The second-order valence-corrected chi connectivity index (χ2v) is 65.0. The topological polar surface area (TPSA) is 222 Å². The highest BCUT2D eigenvalue weighted by atomic mass is 31.2. The van der Waals surface area contributed by atoms with Crippen LogP contribution in [0, 0.1) is 27.7 Å². The van der Waals surface area contributed by atoms with Crippen molar-refractivity contribution in [2.75, 3.05) is 0 Å². The van der Waals surface area contributed by atoms with Gasteiger partial charge in [-0.15, -0.1) is 0 Å². The van der Waals surface area contributed by atoms with Crippen LogP contribution in [0.2, 0.25) is 0 Å². The Morgan fingerprint density at radius 1 is 0.223 bits per heavy atom. The predicted molar refractivity (Wildman–Crippen MR) is 543 cm³/mol. The van der Waals surface area contributed by atoms with Gasteiger partial charge in [-0.25, -0.2) is 0 Å². The number of para-hydroxylation sites is 4. The second kappa shape index (κ2) is 32.5. The number of hydrogen-bond donors (Lipinski definition) is 0. The lowest BCUT2D eigenvalue weighted by atomic mass is 9.80. The van der Waals surface area contributed by atoms with E-state index in [4.69, 9.17) is 112 Å². The zero-order valence-corrected chi connectivity index (χ0v) is 93.0. The third kappa shape index (κ3) is 18.2. The standard InChI is InChI=1S/C32H40O8P2.C24H37O4P.C19H27O4P.C17H23O4P.C16H21O4P.CH4/c1-25-17-29(5)38-26(2,35-25)18-30(6,37-25)41(29)33-23-15-11-9-13-21(23)22-14-10-12-16-24(22)34-42-31(7)19-27(3)36-28(4,40-31)20-32(42,8)39-27;1-19(2,3)16-11-12-18(17(13-16)20(4,5)6)25-29-23(9)14-21(7)26-22(8,28-23)15-24(29,10)27-21;1-12-8-13(2)15(14(3)9-12)20-24-18(6)10-16(4)21-17(5,23-18)11-19(24,7)22-16;1-12-8-6-7-9-13(12)18-22-16(4)10-14(2)19-15(3,21-16)11-17(22,5)20-14;1-13-10-15(3)20-14(2,18-13)11-16(4,19-13)21(15)17-12-8-6-5-7-9-12;/h9-16H,17-20H2,1-8H3;11-13H,14-15H2,1-10H3;8-9H,10-11H2,1-7H3;6-9H,10-11H2,1-5H3;5-9H,10-11H2,1-4H3;1H4. The third-order valence-electron chi connectivity index (χ3n) is 30.1. The summed E-state index contributed by atoms with van der Waals surface area (Å²) in [7, 11) is -6.28. The van der Waals surface area contributed by atoms with Crippen molar-refractivity contribution in [2.24, 2.45) is 0 Å². The molecule has 0 N–H and O–H groups in total. The molecule has 24 heterocycles. The molecule has 24 saturated heterocycles. The van der Waals surface area contributed by atoms with Gasteiger partial charge in [-0.3, -0.25) is 0 Å². The fourth-order valence-electron chi connectivity index (χ4n) is 28.8. The van der Waals surface area contributed by atoms with Gasteiger partial charge < -0.3 is 112 Å². The molecule has 24 aliphatic heterocycles. The summed E-state index contributed by atoms with van der Waals surface area (Å²) in [5.41, 5.74) is 9.30. The number of benzene rings is 6. The molecule has 30 rings (SSSR count). The highest BCUT2D eigenvalue weighted by molar-refractivity contribution is 7.58. The van der Waals surface area contributed by atoms with Crippen LogP contribution >= 0.6 is 48.9 Å². The molecule has 24 nitrogen and oxygen atoms in total. The van der Waals surface area contributed by atoms with Crippen molar-refractivity contribution < 1.29 is 112 Å². The molecule has 24 atom stereocenters. The first-order chi connectivity index (χ1) is 63.3. The van der Waals surface area contributed by atoms with E-state index in [1.807, 2.05) is 168 Å². The van der Waals surface area contributed by atoms with Gasteiger partial charge in [0.25, 0.3) is 0 Å². The van der Waals surface area contributed by atoms with Crippen molar-refractivity contribution >= 4 is 48.9 Å². The molecular formula is C109H152O24P6. The average molecular weight is 2030 g/mol. The molecule has 24 fully saturated rings. The Hall–Kier alpha value is -4.02. The predicted octanol–water partition coefficient (Wildman–Crippen LogP) is 29.6. The molecule has 24 unspecified atom stereocenters. The third-order valence-corrected chi connectivity index (χ3v) is 45.6. The van der Waals surface area contributed by atoms with Crippen LogP contribution in [0.4, 0.5) is 0 Å². The molecule has 6 aromatic carbocycles. The molecule has 0 amide bonds. The van der Waals surface area contributed by atoms with Gasteiger partial charge in [0.2, 0.25) is 0 Å². The largest absolute Gasteiger partial charge is 0.468 e. The van der Waals surface area contributed by atoms with Gasteiger partial charge in [-0.1, -0.05) is 152 Å². The Bertz CT molecular complexity index is 5410. The van der Waals surface area contributed by atoms with Crippen LogP contribution in [0.15, 0.2) is 133 Å². The van der Waals surface area contributed by atoms with Gasteiger partial charge in [-0.2, -0.15) is 0 Å². The van der Waals surface area contributed by atoms with E-state index in [2.05, 4.69) is 201 Å². The Balaban J connectivity index is 0.000000114. The van der Waals surface area contributed by atoms with Crippen molar-refractivity contribution in [2.45, 2.75) is 464 Å². The fourth-order valence-corrected chi connectivity index (χ4v) is 47.9. The van der Waals surface area contributed by atoms with Gasteiger partial charge in [0.1, 0.15) is 98.6 Å². The molecule has 0 saturated carbocycles. The van der Waals surface area contributed by atoms with Crippen molar-refractivity contribution in [3.63, 3.8) is 0 Å². The normalized spacial score (nSPS) is 47.8. The van der Waals surface area contributed by atoms with E-state index in [1.165, 1.54) is 27.8 Å². The van der Waals surface area contributed by atoms with Crippen LogP contribution in [0.25, 0.3) is 11.1 Å². The molecule has 139 heavy (non-hydrogen) atoms. The first-order valence-electron chi connectivity index (χ1n) is 49.4. The maximum absolute atomic E-state index is 7.02. The molecular weight excluding hydrogens is 1880 g/mol. The minimum absolute atomic E-state index is 0. The van der Waals surface area contributed by atoms with Crippen LogP contribution in [0.3, 0.4) is 0 Å². The van der Waals surface area contributed by atoms with E-state index in [1.54, 1.807) is 0 Å². The summed E-state index contributed by atoms with van der Waals surface area (Å²) in [6.45, 7) is 72.0. The highest BCUT2D eigenvalue weighted by Gasteiger charge is 2.80. The summed E-state index contributed by atoms with van der Waals surface area (Å²) >= 11 is 0. The first kappa shape index (κ1) is 104. The van der Waals surface area contributed by atoms with Gasteiger partial charge >= 0.3 is 0 Å². The average Bonchev–Trinajstić information content (AvgIpc) is 0.704. The van der Waals surface area contributed by atoms with E-state index in [-0.39, 0.29) is 50.3 Å². The van der Waals surface area contributed by atoms with E-state index in [0.29, 0.717) is 77.0 Å². The van der Waals surface area contributed by atoms with E-state index >= 15 is 0 Å². The molecule has 0 aromatic heterocycles. The van der Waals surface area contributed by atoms with Crippen LogP contribution < -0.4 is 27.1 Å². The summed E-state index contributed by atoms with van der Waals surface area (Å²) in [4.78, 5) is 0. The number of aryl methyl sites for hydroxylation is 4. The molecule has 6 aromatic rings. The van der Waals surface area contributed by atoms with Gasteiger partial charge in [0.05, 0.1) is 0 Å². The lowest BCUT2D eigenvalue weighted by molar-refractivity contribution is -0.470. The van der Waals surface area contributed by atoms with E-state index in [9.17, 15) is 0 Å². The zero-order chi connectivity index (χ0) is 99.6. The molecule has 0 aliphatic carbocycles. The Labute approximate surface area is 833 Å². The fraction of sp³-hybridized carbons (Fsp3) is 0.670. The molecule has 762 valence electrons. The number of ether oxygens (including phenoxy) is 18. The molecule has 30 heteroatoms. The molecule has 24 aliphatic rings. The minimum Gasteiger partial charge on any atom is -0.468 e. The Kier molecular flexibility index (Phi) is 24.2. The van der Waals surface area contributed by atoms with Crippen molar-refractivity contribution in [3.05, 3.63) is 167 Å². The summed E-state index contributed by atoms with van der Waals surface area (Å²) < 4.78 is 155.